The molecule has 19 heavy (non-hydrogen) atoms. The number of nitrogens with zero attached hydrogens (tertiary/aromatic N) is 2. The molecule has 2 nitrogen and oxygen atoms in total. The van der Waals surface area contributed by atoms with E-state index in [4.69, 9.17) is 11.6 Å². The molecule has 0 spiro atoms. The Balaban J connectivity index is 2.56. The summed E-state index contributed by atoms with van der Waals surface area (Å²) in [6.45, 7) is 4.90. The summed E-state index contributed by atoms with van der Waals surface area (Å²) in [6.07, 6.45) is 2.02. The Morgan fingerprint density at radius 3 is 2.53 bits per heavy atom. The second-order valence-corrected chi connectivity index (χ2v) is 4.98. The summed E-state index contributed by atoms with van der Waals surface area (Å²) in [6, 6.07) is 2.18. The number of fused-ring (bicyclic) bond motifs is 1. The summed E-state index contributed by atoms with van der Waals surface area (Å²) in [4.78, 5) is 4.18. The molecular weight excluding hydrogens is 270 g/mol. The maximum absolute atomic E-state index is 13.7. The highest BCUT2D eigenvalue weighted by Gasteiger charge is 2.17. The topological polar surface area (TPSA) is 17.8 Å². The quantitative estimate of drug-likeness (QED) is 0.741. The van der Waals surface area contributed by atoms with Crippen molar-refractivity contribution in [2.24, 2.45) is 5.92 Å². The van der Waals surface area contributed by atoms with Gasteiger partial charge in [-0.05, 0) is 12.0 Å². The summed E-state index contributed by atoms with van der Waals surface area (Å²) in [5.41, 5.74) is 0.683. The summed E-state index contributed by atoms with van der Waals surface area (Å²) < 4.78 is 28.9. The van der Waals surface area contributed by atoms with Gasteiger partial charge in [0.2, 0.25) is 0 Å². The minimum absolute atomic E-state index is 0.190. The monoisotopic (exact) mass is 286 g/mol. The number of alkyl halides is 1. The number of benzene rings is 1. The lowest BCUT2D eigenvalue weighted by atomic mass is 10.0. The van der Waals surface area contributed by atoms with Gasteiger partial charge in [0, 0.05) is 12.6 Å². The van der Waals surface area contributed by atoms with Crippen molar-refractivity contribution in [2.45, 2.75) is 39.1 Å². The Morgan fingerprint density at radius 1 is 1.26 bits per heavy atom. The summed E-state index contributed by atoms with van der Waals surface area (Å²) in [7, 11) is 0. The molecule has 0 aliphatic carbocycles. The van der Waals surface area contributed by atoms with E-state index in [1.54, 1.807) is 0 Å². The first-order chi connectivity index (χ1) is 9.10. The second kappa shape index (κ2) is 5.87. The Bertz CT molecular complexity index is 576. The van der Waals surface area contributed by atoms with Gasteiger partial charge in [-0.1, -0.05) is 26.7 Å². The van der Waals surface area contributed by atoms with E-state index in [1.807, 2.05) is 4.57 Å². The average Bonchev–Trinajstić information content (AvgIpc) is 2.74. The molecule has 1 aromatic carbocycles. The van der Waals surface area contributed by atoms with Gasteiger partial charge in [-0.15, -0.1) is 11.6 Å². The molecule has 0 saturated heterocycles. The molecule has 0 aliphatic heterocycles. The molecule has 1 aromatic heterocycles. The van der Waals surface area contributed by atoms with E-state index >= 15 is 0 Å². The SMILES string of the molecule is CCC(CC)Cn1c(CCl)nc2c(F)cc(F)cc21. The Morgan fingerprint density at radius 2 is 1.95 bits per heavy atom. The van der Waals surface area contributed by atoms with Crippen LogP contribution in [0.25, 0.3) is 11.0 Å². The molecule has 0 radical (unpaired) electrons. The van der Waals surface area contributed by atoms with Crippen molar-refractivity contribution in [2.75, 3.05) is 0 Å². The highest BCUT2D eigenvalue weighted by atomic mass is 35.5. The van der Waals surface area contributed by atoms with E-state index in [9.17, 15) is 8.78 Å². The van der Waals surface area contributed by atoms with Crippen LogP contribution in [0.3, 0.4) is 0 Å². The molecular formula is C14H17ClF2N2. The largest absolute Gasteiger partial charge is 0.327 e. The number of rotatable bonds is 5. The standard InChI is InChI=1S/C14H17ClF2N2/c1-3-9(4-2)8-19-12-6-10(16)5-11(17)14(12)18-13(19)7-15/h5-6,9H,3-4,7-8H2,1-2H3. The van der Waals surface area contributed by atoms with Crippen molar-refractivity contribution >= 4 is 22.6 Å². The van der Waals surface area contributed by atoms with Gasteiger partial charge < -0.3 is 4.57 Å². The zero-order valence-electron chi connectivity index (χ0n) is 11.1. The summed E-state index contributed by atoms with van der Waals surface area (Å²) >= 11 is 5.87. The first-order valence-electron chi connectivity index (χ1n) is 6.50. The fraction of sp³-hybridized carbons (Fsp3) is 0.500. The van der Waals surface area contributed by atoms with Crippen LogP contribution in [0.1, 0.15) is 32.5 Å². The average molecular weight is 287 g/mol. The van der Waals surface area contributed by atoms with Crippen molar-refractivity contribution in [3.63, 3.8) is 0 Å². The predicted molar refractivity (Wildman–Crippen MR) is 73.3 cm³/mol. The van der Waals surface area contributed by atoms with E-state index in [1.165, 1.54) is 6.07 Å². The molecule has 104 valence electrons. The van der Waals surface area contributed by atoms with Crippen LogP contribution in [0, 0.1) is 17.6 Å². The fourth-order valence-electron chi connectivity index (χ4n) is 2.31. The minimum atomic E-state index is -0.635. The van der Waals surface area contributed by atoms with Gasteiger partial charge in [-0.3, -0.25) is 0 Å². The van der Waals surface area contributed by atoms with Crippen molar-refractivity contribution in [3.05, 3.63) is 29.6 Å². The van der Waals surface area contributed by atoms with Crippen LogP contribution in [-0.4, -0.2) is 9.55 Å². The molecule has 0 saturated carbocycles. The third-order valence-electron chi connectivity index (χ3n) is 3.57. The Labute approximate surface area is 116 Å². The van der Waals surface area contributed by atoms with E-state index in [-0.39, 0.29) is 11.4 Å². The van der Waals surface area contributed by atoms with Crippen LogP contribution in [0.4, 0.5) is 8.78 Å². The maximum Gasteiger partial charge on any atom is 0.153 e. The van der Waals surface area contributed by atoms with E-state index in [0.29, 0.717) is 23.8 Å². The predicted octanol–water partition coefficient (Wildman–Crippen LogP) is 4.49. The lowest BCUT2D eigenvalue weighted by Crippen LogP contribution is -2.11. The van der Waals surface area contributed by atoms with Gasteiger partial charge in [0.25, 0.3) is 0 Å². The van der Waals surface area contributed by atoms with Crippen LogP contribution in [0.2, 0.25) is 0 Å². The zero-order valence-corrected chi connectivity index (χ0v) is 11.8. The van der Waals surface area contributed by atoms with Crippen LogP contribution in [-0.2, 0) is 12.4 Å². The molecule has 0 atom stereocenters. The highest BCUT2D eigenvalue weighted by Crippen LogP contribution is 2.24. The molecule has 0 bridgehead atoms. The van der Waals surface area contributed by atoms with Gasteiger partial charge in [0.15, 0.2) is 5.82 Å². The van der Waals surface area contributed by atoms with Crippen molar-refractivity contribution in [3.8, 4) is 0 Å². The molecule has 2 aromatic rings. The lowest BCUT2D eigenvalue weighted by Gasteiger charge is -2.15. The summed E-state index contributed by atoms with van der Waals surface area (Å²) in [5.74, 6) is 0.0100. The van der Waals surface area contributed by atoms with Crippen LogP contribution >= 0.6 is 11.6 Å². The van der Waals surface area contributed by atoms with Crippen LogP contribution in [0.5, 0.6) is 0 Å². The molecule has 2 rings (SSSR count). The van der Waals surface area contributed by atoms with Gasteiger partial charge >= 0.3 is 0 Å². The number of aromatic nitrogens is 2. The molecule has 1 heterocycles. The molecule has 5 heteroatoms. The van der Waals surface area contributed by atoms with Gasteiger partial charge in [-0.25, -0.2) is 13.8 Å². The molecule has 0 N–H and O–H groups in total. The van der Waals surface area contributed by atoms with Crippen molar-refractivity contribution in [1.29, 1.82) is 0 Å². The molecule has 0 fully saturated rings. The molecule has 0 amide bonds. The van der Waals surface area contributed by atoms with E-state index in [0.717, 1.165) is 18.9 Å². The zero-order chi connectivity index (χ0) is 14.0. The maximum atomic E-state index is 13.7. The summed E-state index contributed by atoms with van der Waals surface area (Å²) in [5, 5.41) is 0. The van der Waals surface area contributed by atoms with Gasteiger partial charge in [-0.2, -0.15) is 0 Å². The van der Waals surface area contributed by atoms with Crippen molar-refractivity contribution in [1.82, 2.24) is 9.55 Å². The Kier molecular flexibility index (Phi) is 4.40. The van der Waals surface area contributed by atoms with Crippen LogP contribution in [0.15, 0.2) is 12.1 Å². The molecule has 0 aliphatic rings. The lowest BCUT2D eigenvalue weighted by molar-refractivity contribution is 0.419. The molecule has 0 unspecified atom stereocenters. The van der Waals surface area contributed by atoms with Crippen LogP contribution < -0.4 is 0 Å². The number of imidazole rings is 1. The third-order valence-corrected chi connectivity index (χ3v) is 3.81. The minimum Gasteiger partial charge on any atom is -0.327 e. The number of hydrogen-bond donors (Lipinski definition) is 0. The first-order valence-corrected chi connectivity index (χ1v) is 7.04. The van der Waals surface area contributed by atoms with Gasteiger partial charge in [0.05, 0.1) is 11.4 Å². The first kappa shape index (κ1) is 14.3. The fourth-order valence-corrected chi connectivity index (χ4v) is 2.51. The number of hydrogen-bond acceptors (Lipinski definition) is 1. The van der Waals surface area contributed by atoms with E-state index < -0.39 is 11.6 Å². The highest BCUT2D eigenvalue weighted by molar-refractivity contribution is 6.16. The smallest absolute Gasteiger partial charge is 0.153 e. The third kappa shape index (κ3) is 2.73. The second-order valence-electron chi connectivity index (χ2n) is 4.71. The Hall–Kier alpha value is -1.16. The van der Waals surface area contributed by atoms with E-state index in [2.05, 4.69) is 18.8 Å². The number of halogens is 3. The van der Waals surface area contributed by atoms with Gasteiger partial charge in [0.1, 0.15) is 17.2 Å². The van der Waals surface area contributed by atoms with Crippen molar-refractivity contribution < 1.29 is 8.78 Å². The normalized spacial score (nSPS) is 11.7.